The molecule has 0 atom stereocenters. The van der Waals surface area contributed by atoms with Crippen LogP contribution in [-0.4, -0.2) is 38.7 Å². The SMILES string of the molecule is COCCNC(=O)COC(=O)c1cc(N)c(C)s1. The van der Waals surface area contributed by atoms with E-state index in [1.807, 2.05) is 6.92 Å². The second kappa shape index (κ2) is 6.97. The van der Waals surface area contributed by atoms with Gasteiger partial charge in [-0.05, 0) is 13.0 Å². The van der Waals surface area contributed by atoms with Crippen molar-refractivity contribution in [2.75, 3.05) is 32.6 Å². The molecule has 0 aromatic carbocycles. The van der Waals surface area contributed by atoms with E-state index in [-0.39, 0.29) is 12.5 Å². The molecule has 1 rings (SSSR count). The number of ether oxygens (including phenoxy) is 2. The molecule has 100 valence electrons. The minimum absolute atomic E-state index is 0.306. The first-order valence-corrected chi connectivity index (χ1v) is 6.15. The van der Waals surface area contributed by atoms with Crippen LogP contribution in [0.5, 0.6) is 0 Å². The predicted octanol–water partition coefficient (Wildman–Crippen LogP) is 0.558. The Bertz CT molecular complexity index is 411. The van der Waals surface area contributed by atoms with E-state index >= 15 is 0 Å². The molecule has 0 aliphatic rings. The van der Waals surface area contributed by atoms with Crippen molar-refractivity contribution in [1.82, 2.24) is 5.32 Å². The third kappa shape index (κ3) is 4.34. The summed E-state index contributed by atoms with van der Waals surface area (Å²) in [5.41, 5.74) is 6.18. The molecular formula is C11H16N2O4S. The van der Waals surface area contributed by atoms with E-state index in [4.69, 9.17) is 15.2 Å². The van der Waals surface area contributed by atoms with Gasteiger partial charge in [-0.2, -0.15) is 0 Å². The summed E-state index contributed by atoms with van der Waals surface area (Å²) in [5.74, 6) is -0.900. The Labute approximate surface area is 109 Å². The number of nitrogens with one attached hydrogen (secondary N) is 1. The normalized spacial score (nSPS) is 10.1. The maximum Gasteiger partial charge on any atom is 0.348 e. The van der Waals surface area contributed by atoms with Crippen LogP contribution in [0.4, 0.5) is 5.69 Å². The smallest absolute Gasteiger partial charge is 0.348 e. The van der Waals surface area contributed by atoms with Crippen molar-refractivity contribution in [3.8, 4) is 0 Å². The molecule has 0 saturated heterocycles. The number of nitrogen functional groups attached to an aromatic ring is 1. The zero-order chi connectivity index (χ0) is 13.5. The Hall–Kier alpha value is -1.60. The zero-order valence-electron chi connectivity index (χ0n) is 10.3. The molecule has 1 heterocycles. The van der Waals surface area contributed by atoms with Gasteiger partial charge in [0.05, 0.1) is 6.61 Å². The van der Waals surface area contributed by atoms with Crippen LogP contribution >= 0.6 is 11.3 Å². The molecule has 0 unspecified atom stereocenters. The molecule has 1 amide bonds. The van der Waals surface area contributed by atoms with E-state index in [0.717, 1.165) is 4.88 Å². The van der Waals surface area contributed by atoms with Gasteiger partial charge in [-0.1, -0.05) is 0 Å². The summed E-state index contributed by atoms with van der Waals surface area (Å²) in [5, 5.41) is 2.54. The molecule has 6 nitrogen and oxygen atoms in total. The van der Waals surface area contributed by atoms with Crippen molar-refractivity contribution in [2.45, 2.75) is 6.92 Å². The maximum atomic E-state index is 11.6. The molecule has 1 aromatic rings. The van der Waals surface area contributed by atoms with Crippen molar-refractivity contribution >= 4 is 28.9 Å². The van der Waals surface area contributed by atoms with E-state index in [0.29, 0.717) is 23.7 Å². The van der Waals surface area contributed by atoms with E-state index < -0.39 is 5.97 Å². The summed E-state index contributed by atoms with van der Waals surface area (Å²) in [7, 11) is 1.54. The fourth-order valence-corrected chi connectivity index (χ4v) is 1.98. The largest absolute Gasteiger partial charge is 0.451 e. The van der Waals surface area contributed by atoms with Gasteiger partial charge in [0.1, 0.15) is 4.88 Å². The van der Waals surface area contributed by atoms with E-state index in [1.165, 1.54) is 18.4 Å². The third-order valence-corrected chi connectivity index (χ3v) is 3.17. The minimum Gasteiger partial charge on any atom is -0.451 e. The van der Waals surface area contributed by atoms with E-state index in [1.54, 1.807) is 6.07 Å². The Balaban J connectivity index is 2.35. The summed E-state index contributed by atoms with van der Waals surface area (Å²) < 4.78 is 9.62. The highest BCUT2D eigenvalue weighted by atomic mass is 32.1. The van der Waals surface area contributed by atoms with Crippen molar-refractivity contribution in [3.63, 3.8) is 0 Å². The average Bonchev–Trinajstić information content (AvgIpc) is 2.67. The quantitative estimate of drug-likeness (QED) is 0.583. The summed E-state index contributed by atoms with van der Waals surface area (Å²) in [6, 6.07) is 1.55. The average molecular weight is 272 g/mol. The monoisotopic (exact) mass is 272 g/mol. The maximum absolute atomic E-state index is 11.6. The molecule has 7 heteroatoms. The van der Waals surface area contributed by atoms with Gasteiger partial charge in [-0.15, -0.1) is 11.3 Å². The van der Waals surface area contributed by atoms with Crippen LogP contribution in [0.25, 0.3) is 0 Å². The topological polar surface area (TPSA) is 90.6 Å². The summed E-state index contributed by atoms with van der Waals surface area (Å²) >= 11 is 1.24. The number of hydrogen-bond donors (Lipinski definition) is 2. The van der Waals surface area contributed by atoms with Crippen LogP contribution in [-0.2, 0) is 14.3 Å². The molecule has 1 aromatic heterocycles. The number of methoxy groups -OCH3 is 1. The number of carbonyl (C=O) groups is 2. The van der Waals surface area contributed by atoms with Gasteiger partial charge in [0.25, 0.3) is 5.91 Å². The van der Waals surface area contributed by atoms with Crippen LogP contribution in [0.3, 0.4) is 0 Å². The molecule has 0 spiro atoms. The number of carbonyl (C=O) groups excluding carboxylic acids is 2. The first-order chi connectivity index (χ1) is 8.54. The van der Waals surface area contributed by atoms with Gasteiger partial charge < -0.3 is 20.5 Å². The molecule has 0 fully saturated rings. The van der Waals surface area contributed by atoms with Crippen LogP contribution in [0.2, 0.25) is 0 Å². The van der Waals surface area contributed by atoms with Crippen molar-refractivity contribution in [1.29, 1.82) is 0 Å². The van der Waals surface area contributed by atoms with Crippen molar-refractivity contribution in [2.24, 2.45) is 0 Å². The Kier molecular flexibility index (Phi) is 5.60. The fraction of sp³-hybridized carbons (Fsp3) is 0.455. The molecular weight excluding hydrogens is 256 g/mol. The molecule has 0 radical (unpaired) electrons. The lowest BCUT2D eigenvalue weighted by Crippen LogP contribution is -2.31. The minimum atomic E-state index is -0.540. The van der Waals surface area contributed by atoms with Crippen LogP contribution in [0.15, 0.2) is 6.07 Å². The summed E-state index contributed by atoms with van der Waals surface area (Å²) in [6.45, 7) is 2.31. The predicted molar refractivity (Wildman–Crippen MR) is 68.6 cm³/mol. The molecule has 0 saturated carbocycles. The number of nitrogens with two attached hydrogens (primary N) is 1. The number of hydrogen-bond acceptors (Lipinski definition) is 6. The van der Waals surface area contributed by atoms with Crippen molar-refractivity contribution < 1.29 is 19.1 Å². The Morgan fingerprint density at radius 2 is 2.22 bits per heavy atom. The number of rotatable bonds is 6. The van der Waals surface area contributed by atoms with Crippen molar-refractivity contribution in [3.05, 3.63) is 15.8 Å². The first-order valence-electron chi connectivity index (χ1n) is 5.33. The zero-order valence-corrected chi connectivity index (χ0v) is 11.1. The van der Waals surface area contributed by atoms with Gasteiger partial charge >= 0.3 is 5.97 Å². The number of amides is 1. The highest BCUT2D eigenvalue weighted by molar-refractivity contribution is 7.14. The standard InChI is InChI=1S/C11H16N2O4S/c1-7-8(12)5-9(18-7)11(15)17-6-10(14)13-3-4-16-2/h5H,3-4,6,12H2,1-2H3,(H,13,14). The summed E-state index contributed by atoms with van der Waals surface area (Å²) in [6.07, 6.45) is 0. The number of aryl methyl sites for hydroxylation is 1. The van der Waals surface area contributed by atoms with Crippen LogP contribution < -0.4 is 11.1 Å². The highest BCUT2D eigenvalue weighted by Gasteiger charge is 2.13. The molecule has 3 N–H and O–H groups in total. The molecule has 0 aliphatic heterocycles. The van der Waals surface area contributed by atoms with Gasteiger partial charge in [0.2, 0.25) is 0 Å². The van der Waals surface area contributed by atoms with Gasteiger partial charge in [-0.25, -0.2) is 4.79 Å². The van der Waals surface area contributed by atoms with Crippen LogP contribution in [0.1, 0.15) is 14.5 Å². The number of thiophene rings is 1. The first kappa shape index (κ1) is 14.5. The highest BCUT2D eigenvalue weighted by Crippen LogP contribution is 2.23. The number of esters is 1. The van der Waals surface area contributed by atoms with E-state index in [9.17, 15) is 9.59 Å². The number of anilines is 1. The third-order valence-electron chi connectivity index (χ3n) is 2.12. The lowest BCUT2D eigenvalue weighted by atomic mass is 10.4. The molecule has 0 bridgehead atoms. The Morgan fingerprint density at radius 1 is 1.50 bits per heavy atom. The Morgan fingerprint density at radius 3 is 2.78 bits per heavy atom. The van der Waals surface area contributed by atoms with Gasteiger partial charge in [0, 0.05) is 24.2 Å². The molecule has 18 heavy (non-hydrogen) atoms. The molecule has 0 aliphatic carbocycles. The lowest BCUT2D eigenvalue weighted by molar-refractivity contribution is -0.124. The van der Waals surface area contributed by atoms with Crippen LogP contribution in [0, 0.1) is 6.92 Å². The van der Waals surface area contributed by atoms with Gasteiger partial charge in [0.15, 0.2) is 6.61 Å². The lowest BCUT2D eigenvalue weighted by Gasteiger charge is -2.04. The van der Waals surface area contributed by atoms with Gasteiger partial charge in [-0.3, -0.25) is 4.79 Å². The van der Waals surface area contributed by atoms with E-state index in [2.05, 4.69) is 5.32 Å². The second-order valence-corrected chi connectivity index (χ2v) is 4.80. The second-order valence-electron chi connectivity index (χ2n) is 3.54. The summed E-state index contributed by atoms with van der Waals surface area (Å²) in [4.78, 5) is 24.1. The fourth-order valence-electron chi connectivity index (χ4n) is 1.14.